The molecule has 0 unspecified atom stereocenters. The van der Waals surface area contributed by atoms with Gasteiger partial charge in [0.05, 0.1) is 5.69 Å². The number of aromatic nitrogens is 4. The number of amides is 1. The third-order valence-electron chi connectivity index (χ3n) is 9.39. The molecule has 1 amide bonds. The van der Waals surface area contributed by atoms with Crippen molar-refractivity contribution in [3.8, 4) is 28.4 Å². The third-order valence-corrected chi connectivity index (χ3v) is 9.39. The molecule has 2 aromatic heterocycles. The average Bonchev–Trinajstić information content (AvgIpc) is 3.57. The molecule has 272 valence electrons. The Morgan fingerprint density at radius 2 is 1.69 bits per heavy atom. The van der Waals surface area contributed by atoms with Crippen molar-refractivity contribution in [1.29, 1.82) is 0 Å². The number of aryl methyl sites for hydroxylation is 2. The van der Waals surface area contributed by atoms with Crippen LogP contribution in [0.2, 0.25) is 0 Å². The lowest BCUT2D eigenvalue weighted by atomic mass is 9.97. The van der Waals surface area contributed by atoms with Gasteiger partial charge in [-0.05, 0) is 69.0 Å². The Morgan fingerprint density at radius 3 is 2.38 bits per heavy atom. The summed E-state index contributed by atoms with van der Waals surface area (Å²) < 4.78 is 31.6. The second-order valence-electron chi connectivity index (χ2n) is 13.3. The van der Waals surface area contributed by atoms with E-state index in [9.17, 15) is 4.79 Å². The number of hydrogen-bond acceptors (Lipinski definition) is 11. The number of nitrogens with one attached hydrogen (secondary N) is 2. The monoisotopic (exact) mass is 708 g/mol. The topological polar surface area (TPSA) is 131 Å². The van der Waals surface area contributed by atoms with Gasteiger partial charge in [0.15, 0.2) is 11.6 Å². The first-order valence-electron chi connectivity index (χ1n) is 17.5. The van der Waals surface area contributed by atoms with Crippen LogP contribution >= 0.6 is 0 Å². The van der Waals surface area contributed by atoms with Crippen LogP contribution < -0.4 is 15.4 Å². The summed E-state index contributed by atoms with van der Waals surface area (Å²) in [5.41, 5.74) is 6.78. The van der Waals surface area contributed by atoms with Crippen LogP contribution in [0.3, 0.4) is 0 Å². The number of halogens is 1. The fourth-order valence-electron chi connectivity index (χ4n) is 6.01. The molecule has 0 atom stereocenters. The first-order chi connectivity index (χ1) is 25.0. The molecule has 1 aliphatic heterocycles. The van der Waals surface area contributed by atoms with Crippen molar-refractivity contribution in [2.75, 3.05) is 50.0 Å². The summed E-state index contributed by atoms with van der Waals surface area (Å²) in [5, 5.41) is 9.75. The third kappa shape index (κ3) is 9.09. The van der Waals surface area contributed by atoms with Crippen molar-refractivity contribution in [3.05, 3.63) is 94.6 Å². The highest BCUT2D eigenvalue weighted by Crippen LogP contribution is 2.30. The molecule has 0 radical (unpaired) electrons. The summed E-state index contributed by atoms with van der Waals surface area (Å²) in [4.78, 5) is 31.2. The van der Waals surface area contributed by atoms with Crippen LogP contribution in [-0.4, -0.2) is 81.4 Å². The van der Waals surface area contributed by atoms with Crippen LogP contribution in [-0.2, 0) is 11.3 Å². The average molecular weight is 709 g/mol. The number of anilines is 3. The molecule has 6 rings (SSSR count). The van der Waals surface area contributed by atoms with E-state index in [1.807, 2.05) is 43.3 Å². The van der Waals surface area contributed by atoms with Crippen LogP contribution in [0.15, 0.2) is 65.2 Å². The molecule has 12 nitrogen and oxygen atoms in total. The standard InChI is InChI=1S/C39H45FN8O4/c1-24(2)48-17-15-47(16-18-48)19-20-50-35-14-12-31(21-33(35)40)42-38-43-34(32-13-7-25(3)26(4)27(32)5)22-36(44-38)45-39(49)51-23-29-8-10-30(11-9-29)37-41-28(6)52-46-37/h7-14,21-22,24H,15-20,23H2,1-6H3,(H2,42,43,44,45,49). The zero-order valence-corrected chi connectivity index (χ0v) is 30.5. The predicted octanol–water partition coefficient (Wildman–Crippen LogP) is 7.46. The van der Waals surface area contributed by atoms with Crippen LogP contribution in [0.4, 0.5) is 26.6 Å². The lowest BCUT2D eigenvalue weighted by molar-refractivity contribution is 0.0965. The SMILES string of the molecule is Cc1nc(-c2ccc(COC(=O)Nc3cc(-c4ccc(C)c(C)c4C)nc(Nc4ccc(OCCN5CCN(C(C)C)CC5)c(F)c4)n3)cc2)no1. The van der Waals surface area contributed by atoms with Gasteiger partial charge in [-0.1, -0.05) is 41.6 Å². The van der Waals surface area contributed by atoms with Gasteiger partial charge in [0, 0.05) is 74.6 Å². The van der Waals surface area contributed by atoms with Gasteiger partial charge in [0.2, 0.25) is 17.7 Å². The van der Waals surface area contributed by atoms with E-state index in [0.717, 1.165) is 66.1 Å². The number of hydrogen-bond donors (Lipinski definition) is 2. The van der Waals surface area contributed by atoms with Crippen LogP contribution in [0, 0.1) is 33.5 Å². The first kappa shape index (κ1) is 36.4. The molecular formula is C39H45FN8O4. The first-order valence-corrected chi connectivity index (χ1v) is 17.5. The van der Waals surface area contributed by atoms with E-state index in [-0.39, 0.29) is 24.1 Å². The number of nitrogens with zero attached hydrogens (tertiary/aromatic N) is 6. The lowest BCUT2D eigenvalue weighted by Gasteiger charge is -2.36. The van der Waals surface area contributed by atoms with Crippen LogP contribution in [0.25, 0.3) is 22.6 Å². The summed E-state index contributed by atoms with van der Waals surface area (Å²) in [6, 6.07) is 18.2. The zero-order valence-electron chi connectivity index (χ0n) is 30.5. The maximum Gasteiger partial charge on any atom is 0.413 e. The Labute approximate surface area is 303 Å². The van der Waals surface area contributed by atoms with Crippen molar-refractivity contribution in [2.24, 2.45) is 0 Å². The van der Waals surface area contributed by atoms with Crippen molar-refractivity contribution in [1.82, 2.24) is 29.9 Å². The van der Waals surface area contributed by atoms with Gasteiger partial charge in [-0.25, -0.2) is 14.2 Å². The quantitative estimate of drug-likeness (QED) is 0.134. The minimum absolute atomic E-state index is 0.0269. The summed E-state index contributed by atoms with van der Waals surface area (Å²) in [6.45, 7) is 17.4. The number of benzene rings is 3. The summed E-state index contributed by atoms with van der Waals surface area (Å²) in [5.74, 6) is 1.03. The second-order valence-corrected chi connectivity index (χ2v) is 13.3. The molecule has 13 heteroatoms. The van der Waals surface area contributed by atoms with Crippen molar-refractivity contribution in [2.45, 2.75) is 54.2 Å². The molecule has 0 saturated carbocycles. The molecule has 3 heterocycles. The summed E-state index contributed by atoms with van der Waals surface area (Å²) >= 11 is 0. The molecule has 0 aliphatic carbocycles. The van der Waals surface area contributed by atoms with Gasteiger partial charge in [-0.3, -0.25) is 15.1 Å². The summed E-state index contributed by atoms with van der Waals surface area (Å²) in [7, 11) is 0. The van der Waals surface area contributed by atoms with Crippen molar-refractivity contribution >= 4 is 23.5 Å². The number of carbonyl (C=O) groups excluding carboxylic acids is 1. The maximum atomic E-state index is 15.2. The minimum Gasteiger partial charge on any atom is -0.489 e. The minimum atomic E-state index is -0.695. The van der Waals surface area contributed by atoms with Gasteiger partial charge < -0.3 is 19.3 Å². The Morgan fingerprint density at radius 1 is 0.923 bits per heavy atom. The van der Waals surface area contributed by atoms with E-state index in [4.69, 9.17) is 19.0 Å². The normalized spacial score (nSPS) is 13.7. The molecule has 3 aromatic carbocycles. The van der Waals surface area contributed by atoms with Crippen LogP contribution in [0.5, 0.6) is 5.75 Å². The van der Waals surface area contributed by atoms with E-state index in [1.165, 1.54) is 6.07 Å². The van der Waals surface area contributed by atoms with Crippen LogP contribution in [0.1, 0.15) is 42.0 Å². The highest BCUT2D eigenvalue weighted by atomic mass is 19.1. The Kier molecular flexibility index (Phi) is 11.4. The van der Waals surface area contributed by atoms with Gasteiger partial charge >= 0.3 is 6.09 Å². The number of piperazine rings is 1. The number of carbonyl (C=O) groups is 1. The smallest absolute Gasteiger partial charge is 0.413 e. The Balaban J connectivity index is 1.12. The molecule has 1 fully saturated rings. The van der Waals surface area contributed by atoms with Gasteiger partial charge in [-0.2, -0.15) is 9.97 Å². The lowest BCUT2D eigenvalue weighted by Crippen LogP contribution is -2.49. The predicted molar refractivity (Wildman–Crippen MR) is 198 cm³/mol. The van der Waals surface area contributed by atoms with Gasteiger partial charge in [0.25, 0.3) is 0 Å². The molecule has 2 N–H and O–H groups in total. The fourth-order valence-corrected chi connectivity index (χ4v) is 6.01. The van der Waals surface area contributed by atoms with E-state index in [0.29, 0.717) is 35.7 Å². The zero-order chi connectivity index (χ0) is 36.8. The van der Waals surface area contributed by atoms with Crippen molar-refractivity contribution in [3.63, 3.8) is 0 Å². The molecule has 52 heavy (non-hydrogen) atoms. The van der Waals surface area contributed by atoms with E-state index < -0.39 is 11.9 Å². The Hall–Kier alpha value is -5.40. The number of rotatable bonds is 12. The largest absolute Gasteiger partial charge is 0.489 e. The van der Waals surface area contributed by atoms with E-state index in [1.54, 1.807) is 25.1 Å². The van der Waals surface area contributed by atoms with E-state index >= 15 is 4.39 Å². The highest BCUT2D eigenvalue weighted by molar-refractivity contribution is 5.85. The van der Waals surface area contributed by atoms with Crippen molar-refractivity contribution < 1.29 is 23.2 Å². The molecular weight excluding hydrogens is 663 g/mol. The number of ether oxygens (including phenoxy) is 2. The Bertz CT molecular complexity index is 2010. The molecule has 0 spiro atoms. The van der Waals surface area contributed by atoms with Gasteiger partial charge in [0.1, 0.15) is 19.0 Å². The fraction of sp³-hybridized carbons (Fsp3) is 0.359. The summed E-state index contributed by atoms with van der Waals surface area (Å²) in [6.07, 6.45) is -0.695. The second kappa shape index (κ2) is 16.3. The van der Waals surface area contributed by atoms with E-state index in [2.05, 4.69) is 63.3 Å². The maximum absolute atomic E-state index is 15.2. The highest BCUT2D eigenvalue weighted by Gasteiger charge is 2.19. The molecule has 0 bridgehead atoms. The van der Waals surface area contributed by atoms with Gasteiger partial charge in [-0.15, -0.1) is 0 Å². The molecule has 1 aliphatic rings. The molecule has 1 saturated heterocycles. The molecule has 5 aromatic rings.